The summed E-state index contributed by atoms with van der Waals surface area (Å²) in [6.45, 7) is 2.42. The fraction of sp³-hybridized carbons (Fsp3) is 0.231. The zero-order chi connectivity index (χ0) is 13.1. The number of pyridine rings is 1. The lowest BCUT2D eigenvalue weighted by Crippen LogP contribution is -2.26. The van der Waals surface area contributed by atoms with Crippen molar-refractivity contribution in [3.05, 3.63) is 40.5 Å². The van der Waals surface area contributed by atoms with Gasteiger partial charge >= 0.3 is 0 Å². The Balaban J connectivity index is 2.51. The van der Waals surface area contributed by atoms with Crippen LogP contribution in [-0.4, -0.2) is 17.4 Å². The molecular formula is C13H12BrClN2O. The number of rotatable bonds is 3. The van der Waals surface area contributed by atoms with Crippen LogP contribution in [0.25, 0.3) is 10.9 Å². The molecule has 1 unspecified atom stereocenters. The van der Waals surface area contributed by atoms with E-state index in [-0.39, 0.29) is 5.91 Å². The van der Waals surface area contributed by atoms with E-state index in [1.54, 1.807) is 6.20 Å². The van der Waals surface area contributed by atoms with Gasteiger partial charge in [0.05, 0.1) is 5.52 Å². The second-order valence-electron chi connectivity index (χ2n) is 3.79. The summed E-state index contributed by atoms with van der Waals surface area (Å²) in [4.78, 5) is 16.1. The predicted molar refractivity (Wildman–Crippen MR) is 76.7 cm³/mol. The molecule has 1 N–H and O–H groups in total. The summed E-state index contributed by atoms with van der Waals surface area (Å²) in [7, 11) is 0. The van der Waals surface area contributed by atoms with Gasteiger partial charge in [-0.1, -0.05) is 28.1 Å². The highest BCUT2D eigenvalue weighted by Gasteiger charge is 2.20. The van der Waals surface area contributed by atoms with Crippen LogP contribution in [-0.2, 0) is 4.79 Å². The first-order valence-corrected chi connectivity index (χ1v) is 6.83. The van der Waals surface area contributed by atoms with Gasteiger partial charge in [0.25, 0.3) is 0 Å². The Hall–Kier alpha value is -1.13. The van der Waals surface area contributed by atoms with E-state index in [4.69, 9.17) is 11.6 Å². The molecule has 0 saturated carbocycles. The van der Waals surface area contributed by atoms with Crippen molar-refractivity contribution in [3.8, 4) is 0 Å². The Kier molecular flexibility index (Phi) is 4.19. The predicted octanol–water partition coefficient (Wildman–Crippen LogP) is 3.41. The van der Waals surface area contributed by atoms with Crippen LogP contribution in [0, 0.1) is 0 Å². The van der Waals surface area contributed by atoms with Crippen molar-refractivity contribution in [2.75, 3.05) is 6.54 Å². The molecule has 2 aromatic rings. The van der Waals surface area contributed by atoms with Crippen LogP contribution >= 0.6 is 27.5 Å². The molecule has 0 spiro atoms. The number of amides is 1. The van der Waals surface area contributed by atoms with Crippen molar-refractivity contribution in [2.45, 2.75) is 12.3 Å². The molecule has 0 aliphatic carbocycles. The molecule has 2 rings (SSSR count). The van der Waals surface area contributed by atoms with Gasteiger partial charge in [-0.25, -0.2) is 0 Å². The third kappa shape index (κ3) is 2.49. The van der Waals surface area contributed by atoms with Crippen LogP contribution in [0.15, 0.2) is 34.9 Å². The number of alkyl halides is 1. The summed E-state index contributed by atoms with van der Waals surface area (Å²) in [5.41, 5.74) is 1.47. The van der Waals surface area contributed by atoms with Gasteiger partial charge < -0.3 is 5.32 Å². The zero-order valence-electron chi connectivity index (χ0n) is 9.78. The summed E-state index contributed by atoms with van der Waals surface area (Å²) in [6.07, 6.45) is 1.69. The molecule has 1 amide bonds. The SMILES string of the molecule is CCNC(=O)C(Cl)c1ccc(Br)c2cccnc12. The van der Waals surface area contributed by atoms with Crippen molar-refractivity contribution >= 4 is 44.3 Å². The molecule has 0 saturated heterocycles. The number of nitrogens with zero attached hydrogens (tertiary/aromatic N) is 1. The maximum atomic E-state index is 11.8. The molecule has 18 heavy (non-hydrogen) atoms. The van der Waals surface area contributed by atoms with Crippen LogP contribution in [0.1, 0.15) is 17.9 Å². The number of carbonyl (C=O) groups is 1. The maximum absolute atomic E-state index is 11.8. The Bertz CT molecular complexity index is 588. The zero-order valence-corrected chi connectivity index (χ0v) is 12.1. The van der Waals surface area contributed by atoms with E-state index in [1.807, 2.05) is 31.2 Å². The molecule has 0 radical (unpaired) electrons. The fourth-order valence-corrected chi connectivity index (χ4v) is 2.47. The Morgan fingerprint density at radius 1 is 1.50 bits per heavy atom. The number of hydrogen-bond donors (Lipinski definition) is 1. The molecule has 0 fully saturated rings. The normalized spacial score (nSPS) is 12.4. The van der Waals surface area contributed by atoms with Crippen molar-refractivity contribution < 1.29 is 4.79 Å². The van der Waals surface area contributed by atoms with Crippen LogP contribution in [0.3, 0.4) is 0 Å². The number of halogens is 2. The van der Waals surface area contributed by atoms with Gasteiger partial charge in [-0.05, 0) is 19.1 Å². The molecule has 1 aromatic carbocycles. The highest BCUT2D eigenvalue weighted by atomic mass is 79.9. The summed E-state index contributed by atoms with van der Waals surface area (Å²) in [5.74, 6) is -0.201. The molecule has 0 aliphatic rings. The summed E-state index contributed by atoms with van der Waals surface area (Å²) in [6, 6.07) is 7.50. The Labute approximate surface area is 119 Å². The fourth-order valence-electron chi connectivity index (χ4n) is 1.77. The topological polar surface area (TPSA) is 42.0 Å². The smallest absolute Gasteiger partial charge is 0.242 e. The molecule has 3 nitrogen and oxygen atoms in total. The first-order chi connectivity index (χ1) is 8.65. The number of fused-ring (bicyclic) bond motifs is 1. The molecule has 1 heterocycles. The van der Waals surface area contributed by atoms with Gasteiger partial charge in [0.1, 0.15) is 5.38 Å². The number of carbonyl (C=O) groups excluding carboxylic acids is 1. The molecule has 0 aliphatic heterocycles. The number of hydrogen-bond acceptors (Lipinski definition) is 2. The first-order valence-electron chi connectivity index (χ1n) is 5.60. The third-order valence-electron chi connectivity index (χ3n) is 2.60. The van der Waals surface area contributed by atoms with Gasteiger partial charge in [0, 0.05) is 28.2 Å². The number of aromatic nitrogens is 1. The van der Waals surface area contributed by atoms with Gasteiger partial charge in [0.15, 0.2) is 0 Å². The quantitative estimate of drug-likeness (QED) is 0.878. The lowest BCUT2D eigenvalue weighted by molar-refractivity contribution is -0.120. The van der Waals surface area contributed by atoms with Crippen LogP contribution in [0.2, 0.25) is 0 Å². The third-order valence-corrected chi connectivity index (χ3v) is 3.73. The molecule has 0 bridgehead atoms. The van der Waals surface area contributed by atoms with Crippen molar-refractivity contribution in [1.29, 1.82) is 0 Å². The standard InChI is InChI=1S/C13H12BrClN2O/c1-2-16-13(18)11(15)9-5-6-10(14)8-4-3-7-17-12(8)9/h3-7,11H,2H2,1H3,(H,16,18). The molecule has 94 valence electrons. The van der Waals surface area contributed by atoms with Gasteiger partial charge in [0.2, 0.25) is 5.91 Å². The molecule has 1 atom stereocenters. The van der Waals surface area contributed by atoms with Gasteiger partial charge in [-0.15, -0.1) is 11.6 Å². The average Bonchev–Trinajstić information content (AvgIpc) is 2.39. The van der Waals surface area contributed by atoms with E-state index in [0.29, 0.717) is 6.54 Å². The summed E-state index contributed by atoms with van der Waals surface area (Å²) < 4.78 is 0.939. The van der Waals surface area contributed by atoms with Crippen molar-refractivity contribution in [2.24, 2.45) is 0 Å². The lowest BCUT2D eigenvalue weighted by Gasteiger charge is -2.12. The minimum atomic E-state index is -0.726. The van der Waals surface area contributed by atoms with Crippen molar-refractivity contribution in [1.82, 2.24) is 10.3 Å². The van der Waals surface area contributed by atoms with Crippen LogP contribution in [0.5, 0.6) is 0 Å². The van der Waals surface area contributed by atoms with Crippen molar-refractivity contribution in [3.63, 3.8) is 0 Å². The Morgan fingerprint density at radius 2 is 2.28 bits per heavy atom. The number of benzene rings is 1. The summed E-state index contributed by atoms with van der Waals surface area (Å²) in [5, 5.41) is 2.94. The minimum Gasteiger partial charge on any atom is -0.355 e. The van der Waals surface area contributed by atoms with Gasteiger partial charge in [-0.3, -0.25) is 9.78 Å². The maximum Gasteiger partial charge on any atom is 0.242 e. The first kappa shape index (κ1) is 13.3. The second kappa shape index (κ2) is 5.67. The highest BCUT2D eigenvalue weighted by molar-refractivity contribution is 9.10. The second-order valence-corrected chi connectivity index (χ2v) is 5.08. The highest BCUT2D eigenvalue weighted by Crippen LogP contribution is 2.31. The van der Waals surface area contributed by atoms with Crippen LogP contribution in [0.4, 0.5) is 0 Å². The molecule has 1 aromatic heterocycles. The van der Waals surface area contributed by atoms with E-state index in [0.717, 1.165) is 20.9 Å². The monoisotopic (exact) mass is 326 g/mol. The number of nitrogens with one attached hydrogen (secondary N) is 1. The number of likely N-dealkylation sites (N-methyl/N-ethyl adjacent to an activating group) is 1. The summed E-state index contributed by atoms with van der Waals surface area (Å²) >= 11 is 9.66. The van der Waals surface area contributed by atoms with Crippen LogP contribution < -0.4 is 5.32 Å². The largest absolute Gasteiger partial charge is 0.355 e. The lowest BCUT2D eigenvalue weighted by atomic mass is 10.1. The van der Waals surface area contributed by atoms with Gasteiger partial charge in [-0.2, -0.15) is 0 Å². The molecule has 5 heteroatoms. The van der Waals surface area contributed by atoms with E-state index in [2.05, 4.69) is 26.2 Å². The Morgan fingerprint density at radius 3 is 3.00 bits per heavy atom. The minimum absolute atomic E-state index is 0.201. The van der Waals surface area contributed by atoms with E-state index < -0.39 is 5.38 Å². The average molecular weight is 328 g/mol. The van der Waals surface area contributed by atoms with E-state index in [9.17, 15) is 4.79 Å². The molecular weight excluding hydrogens is 316 g/mol. The van der Waals surface area contributed by atoms with E-state index in [1.165, 1.54) is 0 Å². The van der Waals surface area contributed by atoms with E-state index >= 15 is 0 Å².